The predicted octanol–water partition coefficient (Wildman–Crippen LogP) is 6.66. The average molecular weight is 578 g/mol. The highest BCUT2D eigenvalue weighted by atomic mass is 32.1. The van der Waals surface area contributed by atoms with Gasteiger partial charge in [-0.15, -0.1) is 0 Å². The molecule has 2 aromatic rings. The summed E-state index contributed by atoms with van der Waals surface area (Å²) in [6, 6.07) is 5.61. The van der Waals surface area contributed by atoms with Crippen molar-refractivity contribution in [1.82, 2.24) is 4.98 Å². The Bertz CT molecular complexity index is 1300. The number of aromatic carboxylic acids is 1. The molecule has 216 valence electrons. The zero-order chi connectivity index (χ0) is 27.6. The second-order valence-corrected chi connectivity index (χ2v) is 13.3. The molecule has 1 aromatic carbocycles. The molecule has 4 heterocycles. The van der Waals surface area contributed by atoms with Gasteiger partial charge in [-0.25, -0.2) is 9.78 Å². The maximum absolute atomic E-state index is 13.9. The fourth-order valence-electron chi connectivity index (χ4n) is 7.64. The lowest BCUT2D eigenvalue weighted by Crippen LogP contribution is -2.47. The number of hydrogen-bond donors (Lipinski definition) is 1. The van der Waals surface area contributed by atoms with Gasteiger partial charge in [0.1, 0.15) is 6.10 Å². The third-order valence-electron chi connectivity index (χ3n) is 9.76. The van der Waals surface area contributed by atoms with E-state index in [1.54, 1.807) is 18.2 Å². The second kappa shape index (κ2) is 10.2. The molecule has 4 fully saturated rings. The van der Waals surface area contributed by atoms with Crippen LogP contribution in [0.4, 0.5) is 18.3 Å². The Hall–Kier alpha value is -2.40. The number of carboxylic acids is 1. The quantitative estimate of drug-likeness (QED) is 0.396. The summed E-state index contributed by atoms with van der Waals surface area (Å²) in [4.78, 5) is 24.4. The number of ether oxygens (including phenoxy) is 1. The number of nitrogens with zero attached hydrogens (tertiary/aromatic N) is 3. The summed E-state index contributed by atoms with van der Waals surface area (Å²) < 4.78 is 49.2. The minimum Gasteiger partial charge on any atom is -0.478 e. The normalized spacial score (nSPS) is 34.2. The summed E-state index contributed by atoms with van der Waals surface area (Å²) in [6.07, 6.45) is 3.57. The van der Waals surface area contributed by atoms with Crippen LogP contribution in [0.25, 0.3) is 10.2 Å². The highest BCUT2D eigenvalue weighted by Gasteiger charge is 2.53. The Morgan fingerprint density at radius 1 is 1.10 bits per heavy atom. The Kier molecular flexibility index (Phi) is 6.72. The molecule has 3 aliphatic heterocycles. The van der Waals surface area contributed by atoms with Gasteiger partial charge in [-0.1, -0.05) is 29.3 Å². The number of alkyl halides is 3. The number of benzene rings is 1. The maximum Gasteiger partial charge on any atom is 0.392 e. The molecule has 11 heteroatoms. The van der Waals surface area contributed by atoms with Crippen molar-refractivity contribution >= 4 is 38.4 Å². The van der Waals surface area contributed by atoms with Crippen LogP contribution >= 0.6 is 11.3 Å². The zero-order valence-electron chi connectivity index (χ0n) is 22.2. The van der Waals surface area contributed by atoms with Crippen molar-refractivity contribution in [3.05, 3.63) is 23.8 Å². The zero-order valence-corrected chi connectivity index (χ0v) is 23.0. The number of hydrogen-bond acceptors (Lipinski definition) is 7. The molecule has 0 radical (unpaired) electrons. The fraction of sp³-hybridized carbons (Fsp3) is 0.690. The monoisotopic (exact) mass is 577 g/mol. The molecule has 2 aliphatic carbocycles. The lowest BCUT2D eigenvalue weighted by molar-refractivity contribution is -0.189. The third-order valence-corrected chi connectivity index (χ3v) is 10.8. The first kappa shape index (κ1) is 26.5. The number of rotatable bonds is 7. The number of oxime groups is 1. The van der Waals surface area contributed by atoms with E-state index in [-0.39, 0.29) is 42.2 Å². The van der Waals surface area contributed by atoms with E-state index < -0.39 is 24.0 Å². The Balaban J connectivity index is 1.04. The SMILES string of the molecule is O=C(O)c1ccc2nc(N3C4CCC3CC(OCC3C(C5CCCCC5C(F)(F)F)=NOC3C3CC3)C4)sc2c1. The summed E-state index contributed by atoms with van der Waals surface area (Å²) in [7, 11) is 0. The van der Waals surface area contributed by atoms with Gasteiger partial charge in [0.05, 0.1) is 46.0 Å². The number of thiazole rings is 1. The molecule has 40 heavy (non-hydrogen) atoms. The first-order chi connectivity index (χ1) is 19.3. The van der Waals surface area contributed by atoms with E-state index in [4.69, 9.17) is 14.6 Å². The highest BCUT2D eigenvalue weighted by molar-refractivity contribution is 7.22. The molecule has 2 bridgehead atoms. The second-order valence-electron chi connectivity index (χ2n) is 12.3. The Morgan fingerprint density at radius 3 is 2.55 bits per heavy atom. The first-order valence-electron chi connectivity index (χ1n) is 14.6. The Morgan fingerprint density at radius 2 is 1.85 bits per heavy atom. The van der Waals surface area contributed by atoms with E-state index in [0.717, 1.165) is 60.3 Å². The highest BCUT2D eigenvalue weighted by Crippen LogP contribution is 2.48. The van der Waals surface area contributed by atoms with Gasteiger partial charge in [0.2, 0.25) is 0 Å². The van der Waals surface area contributed by atoms with Gasteiger partial charge in [0, 0.05) is 18.0 Å². The number of anilines is 1. The Labute approximate surface area is 234 Å². The van der Waals surface area contributed by atoms with Crippen LogP contribution in [-0.2, 0) is 9.57 Å². The molecule has 7 nitrogen and oxygen atoms in total. The molecule has 7 rings (SSSR count). The molecule has 6 unspecified atom stereocenters. The number of aromatic nitrogens is 1. The lowest BCUT2D eigenvalue weighted by atomic mass is 9.72. The van der Waals surface area contributed by atoms with Crippen molar-refractivity contribution in [2.75, 3.05) is 11.5 Å². The number of fused-ring (bicyclic) bond motifs is 3. The van der Waals surface area contributed by atoms with E-state index in [1.165, 1.54) is 11.3 Å². The van der Waals surface area contributed by atoms with Crippen LogP contribution < -0.4 is 4.90 Å². The van der Waals surface area contributed by atoms with E-state index >= 15 is 0 Å². The van der Waals surface area contributed by atoms with Gasteiger partial charge in [-0.2, -0.15) is 13.2 Å². The van der Waals surface area contributed by atoms with Crippen molar-refractivity contribution in [3.63, 3.8) is 0 Å². The van der Waals surface area contributed by atoms with Gasteiger partial charge in [0.25, 0.3) is 0 Å². The van der Waals surface area contributed by atoms with Crippen molar-refractivity contribution in [2.45, 2.75) is 94.7 Å². The van der Waals surface area contributed by atoms with Crippen molar-refractivity contribution in [3.8, 4) is 0 Å². The minimum atomic E-state index is -4.22. The predicted molar refractivity (Wildman–Crippen MR) is 145 cm³/mol. The van der Waals surface area contributed by atoms with Crippen molar-refractivity contribution < 1.29 is 32.6 Å². The molecule has 0 spiro atoms. The third kappa shape index (κ3) is 4.86. The summed E-state index contributed by atoms with van der Waals surface area (Å²) in [5.41, 5.74) is 1.66. The lowest BCUT2D eigenvalue weighted by Gasteiger charge is -2.39. The fourth-order valence-corrected chi connectivity index (χ4v) is 8.79. The van der Waals surface area contributed by atoms with Crippen LogP contribution in [-0.4, -0.2) is 58.8 Å². The summed E-state index contributed by atoms with van der Waals surface area (Å²) in [5.74, 6) is -2.74. The van der Waals surface area contributed by atoms with Gasteiger partial charge >= 0.3 is 12.1 Å². The van der Waals surface area contributed by atoms with E-state index in [0.29, 0.717) is 31.1 Å². The molecular formula is C29H34F3N3O4S. The molecular weight excluding hydrogens is 543 g/mol. The van der Waals surface area contributed by atoms with E-state index in [9.17, 15) is 23.1 Å². The number of carbonyl (C=O) groups is 1. The van der Waals surface area contributed by atoms with Gasteiger partial charge in [-0.3, -0.25) is 0 Å². The van der Waals surface area contributed by atoms with Crippen molar-refractivity contribution in [1.29, 1.82) is 0 Å². The first-order valence-corrected chi connectivity index (χ1v) is 15.4. The molecule has 5 aliphatic rings. The molecule has 2 saturated carbocycles. The van der Waals surface area contributed by atoms with Crippen molar-refractivity contribution in [2.24, 2.45) is 28.8 Å². The molecule has 1 N–H and O–H groups in total. The topological polar surface area (TPSA) is 84.2 Å². The van der Waals surface area contributed by atoms with Crippen LogP contribution in [0.1, 0.15) is 74.6 Å². The summed E-state index contributed by atoms with van der Waals surface area (Å²) in [6.45, 7) is 0.365. The maximum atomic E-state index is 13.9. The molecule has 2 saturated heterocycles. The molecule has 0 amide bonds. The van der Waals surface area contributed by atoms with E-state index in [2.05, 4.69) is 10.1 Å². The number of halogens is 3. The molecule has 6 atom stereocenters. The van der Waals surface area contributed by atoms with Gasteiger partial charge < -0.3 is 19.6 Å². The van der Waals surface area contributed by atoms with Crippen LogP contribution in [0.3, 0.4) is 0 Å². The van der Waals surface area contributed by atoms with Crippen LogP contribution in [0.5, 0.6) is 0 Å². The smallest absolute Gasteiger partial charge is 0.392 e. The van der Waals surface area contributed by atoms with Gasteiger partial charge in [0.15, 0.2) is 5.13 Å². The van der Waals surface area contributed by atoms with Gasteiger partial charge in [-0.05, 0) is 75.5 Å². The van der Waals surface area contributed by atoms with E-state index in [1.807, 2.05) is 0 Å². The number of piperidine rings is 1. The van der Waals surface area contributed by atoms with Crippen LogP contribution in [0.15, 0.2) is 23.4 Å². The minimum absolute atomic E-state index is 0.0354. The standard InChI is InChI=1S/C29H34F3N3O4S/c30-29(31,32)22-4-2-1-3-20(22)25-21(26(39-34-25)15-5-6-15)14-38-19-12-17-8-9-18(13-19)35(17)28-33-23-10-7-16(27(36)37)11-24(23)40-28/h7,10-11,15,17-22,26H,1-6,8-9,12-14H2,(H,36,37). The number of carboxylic acid groups (broad SMARTS) is 1. The summed E-state index contributed by atoms with van der Waals surface area (Å²) >= 11 is 1.53. The summed E-state index contributed by atoms with van der Waals surface area (Å²) in [5, 5.41) is 14.6. The van der Waals surface area contributed by atoms with Crippen LogP contribution in [0.2, 0.25) is 0 Å². The average Bonchev–Trinajstić information content (AvgIpc) is 3.44. The largest absolute Gasteiger partial charge is 0.478 e. The molecule has 1 aromatic heterocycles. The van der Waals surface area contributed by atoms with Crippen LogP contribution in [0, 0.1) is 23.7 Å².